The van der Waals surface area contributed by atoms with E-state index in [1.54, 1.807) is 23.7 Å². The number of hydrogen-bond acceptors (Lipinski definition) is 4. The van der Waals surface area contributed by atoms with Crippen molar-refractivity contribution in [2.75, 3.05) is 0 Å². The van der Waals surface area contributed by atoms with Crippen molar-refractivity contribution in [1.29, 1.82) is 0 Å². The van der Waals surface area contributed by atoms with Crippen LogP contribution >= 0.6 is 11.3 Å². The molecule has 0 N–H and O–H groups in total. The molecule has 0 spiro atoms. The number of nitrogens with zero attached hydrogens (tertiary/aromatic N) is 4. The van der Waals surface area contributed by atoms with Crippen molar-refractivity contribution < 1.29 is 0 Å². The Balaban J connectivity index is 2.03. The van der Waals surface area contributed by atoms with Crippen LogP contribution < -0.4 is 4.80 Å². The second kappa shape index (κ2) is 6.71. The highest BCUT2D eigenvalue weighted by atomic mass is 32.1. The molecule has 0 fully saturated rings. The van der Waals surface area contributed by atoms with Gasteiger partial charge in [-0.3, -0.25) is 4.98 Å². The van der Waals surface area contributed by atoms with E-state index in [9.17, 15) is 0 Å². The molecule has 116 valence electrons. The number of aromatic nitrogens is 2. The van der Waals surface area contributed by atoms with Gasteiger partial charge in [-0.05, 0) is 50.1 Å². The summed E-state index contributed by atoms with van der Waals surface area (Å²) in [5, 5.41) is 6.59. The number of thiazole rings is 1. The number of pyridine rings is 1. The first-order chi connectivity index (χ1) is 11.1. The molecular formula is C18H18N4S. The molecule has 0 unspecified atom stereocenters. The normalized spacial score (nSPS) is 12.2. The van der Waals surface area contributed by atoms with Gasteiger partial charge in [-0.25, -0.2) is 9.67 Å². The number of rotatable bonds is 3. The molecule has 0 saturated carbocycles. The number of benzene rings is 1. The van der Waals surface area contributed by atoms with Gasteiger partial charge in [-0.1, -0.05) is 18.2 Å². The molecule has 0 aliphatic heterocycles. The summed E-state index contributed by atoms with van der Waals surface area (Å²) in [7, 11) is 0. The average Bonchev–Trinajstić information content (AvgIpc) is 2.90. The molecule has 1 aromatic carbocycles. The Labute approximate surface area is 139 Å². The predicted molar refractivity (Wildman–Crippen MR) is 95.4 cm³/mol. The van der Waals surface area contributed by atoms with Gasteiger partial charge in [0.2, 0.25) is 4.80 Å². The Hall–Kier alpha value is -2.53. The van der Waals surface area contributed by atoms with Gasteiger partial charge in [-0.2, -0.15) is 5.10 Å². The van der Waals surface area contributed by atoms with Gasteiger partial charge in [0.15, 0.2) is 0 Å². The minimum atomic E-state index is 0.822. The lowest BCUT2D eigenvalue weighted by atomic mass is 10.1. The average molecular weight is 322 g/mol. The Kier molecular flexibility index (Phi) is 4.48. The van der Waals surface area contributed by atoms with Gasteiger partial charge in [0.1, 0.15) is 0 Å². The van der Waals surface area contributed by atoms with Crippen molar-refractivity contribution in [1.82, 2.24) is 9.66 Å². The second-order valence-electron chi connectivity index (χ2n) is 5.37. The highest BCUT2D eigenvalue weighted by Gasteiger charge is 2.02. The Morgan fingerprint density at radius 1 is 1.13 bits per heavy atom. The van der Waals surface area contributed by atoms with E-state index in [0.717, 1.165) is 27.4 Å². The van der Waals surface area contributed by atoms with E-state index < -0.39 is 0 Å². The first-order valence-corrected chi connectivity index (χ1v) is 8.26. The summed E-state index contributed by atoms with van der Waals surface area (Å²) >= 11 is 1.58. The van der Waals surface area contributed by atoms with E-state index in [0.29, 0.717) is 0 Å². The fraction of sp³-hybridized carbons (Fsp3) is 0.167. The molecule has 23 heavy (non-hydrogen) atoms. The van der Waals surface area contributed by atoms with E-state index >= 15 is 0 Å². The van der Waals surface area contributed by atoms with E-state index in [4.69, 9.17) is 4.99 Å². The fourth-order valence-electron chi connectivity index (χ4n) is 2.12. The lowest BCUT2D eigenvalue weighted by Gasteiger charge is -2.02. The van der Waals surface area contributed by atoms with Gasteiger partial charge in [-0.15, -0.1) is 11.3 Å². The van der Waals surface area contributed by atoms with Gasteiger partial charge < -0.3 is 0 Å². The van der Waals surface area contributed by atoms with E-state index in [1.807, 2.05) is 29.8 Å². The van der Waals surface area contributed by atoms with Crippen LogP contribution in [0.2, 0.25) is 0 Å². The largest absolute Gasteiger partial charge is 0.255 e. The lowest BCUT2D eigenvalue weighted by molar-refractivity contribution is 0.808. The quantitative estimate of drug-likeness (QED) is 0.672. The first kappa shape index (κ1) is 15.4. The van der Waals surface area contributed by atoms with Crippen LogP contribution in [-0.4, -0.2) is 15.9 Å². The first-order valence-electron chi connectivity index (χ1n) is 7.38. The molecule has 3 aromatic rings. The number of aryl methyl sites for hydroxylation is 3. The maximum Gasteiger partial charge on any atom is 0.211 e. The second-order valence-corrected chi connectivity index (χ2v) is 6.21. The predicted octanol–water partition coefficient (Wildman–Crippen LogP) is 3.98. The van der Waals surface area contributed by atoms with Crippen molar-refractivity contribution in [2.24, 2.45) is 10.1 Å². The summed E-state index contributed by atoms with van der Waals surface area (Å²) in [5.74, 6) is 0. The van der Waals surface area contributed by atoms with Gasteiger partial charge in [0.25, 0.3) is 0 Å². The molecule has 0 aliphatic carbocycles. The summed E-state index contributed by atoms with van der Waals surface area (Å²) in [5.41, 5.74) is 5.20. The molecule has 2 aromatic heterocycles. The van der Waals surface area contributed by atoms with Gasteiger partial charge in [0, 0.05) is 11.6 Å². The third-order valence-electron chi connectivity index (χ3n) is 3.42. The highest BCUT2D eigenvalue weighted by Crippen LogP contribution is 2.19. The van der Waals surface area contributed by atoms with E-state index in [-0.39, 0.29) is 0 Å². The molecule has 0 bridgehead atoms. The van der Waals surface area contributed by atoms with Crippen LogP contribution in [0, 0.1) is 20.8 Å². The van der Waals surface area contributed by atoms with Crippen LogP contribution in [0.3, 0.4) is 0 Å². The van der Waals surface area contributed by atoms with Crippen LogP contribution in [-0.2, 0) is 0 Å². The number of hydrogen-bond donors (Lipinski definition) is 0. The molecule has 4 nitrogen and oxygen atoms in total. The summed E-state index contributed by atoms with van der Waals surface area (Å²) in [6.45, 7) is 6.17. The van der Waals surface area contributed by atoms with Crippen molar-refractivity contribution in [2.45, 2.75) is 20.8 Å². The van der Waals surface area contributed by atoms with E-state index in [1.165, 1.54) is 5.56 Å². The van der Waals surface area contributed by atoms with E-state index in [2.05, 4.69) is 47.5 Å². The summed E-state index contributed by atoms with van der Waals surface area (Å²) in [6.07, 6.45) is 3.51. The smallest absolute Gasteiger partial charge is 0.211 e. The summed E-state index contributed by atoms with van der Waals surface area (Å²) in [6, 6.07) is 12.0. The minimum Gasteiger partial charge on any atom is -0.255 e. The Morgan fingerprint density at radius 2 is 2.00 bits per heavy atom. The van der Waals surface area contributed by atoms with Crippen molar-refractivity contribution >= 4 is 23.2 Å². The zero-order chi connectivity index (χ0) is 16.2. The molecule has 0 radical (unpaired) electrons. The molecule has 0 saturated heterocycles. The standard InChI is InChI=1S/C18H18N4S/c1-13-7-8-14(2)17(10-13)21-18-22(15(3)12-23-18)20-11-16-6-4-5-9-19-16/h4-12H,1-3H3. The molecule has 3 rings (SSSR count). The molecule has 5 heteroatoms. The third-order valence-corrected chi connectivity index (χ3v) is 4.36. The van der Waals surface area contributed by atoms with Crippen LogP contribution in [0.4, 0.5) is 5.69 Å². The monoisotopic (exact) mass is 322 g/mol. The van der Waals surface area contributed by atoms with Crippen LogP contribution in [0.1, 0.15) is 22.5 Å². The fourth-order valence-corrected chi connectivity index (χ4v) is 2.93. The van der Waals surface area contributed by atoms with Crippen LogP contribution in [0.15, 0.2) is 58.1 Å². The van der Waals surface area contributed by atoms with Crippen molar-refractivity contribution in [3.63, 3.8) is 0 Å². The van der Waals surface area contributed by atoms with Crippen molar-refractivity contribution in [3.8, 4) is 0 Å². The third kappa shape index (κ3) is 3.63. The van der Waals surface area contributed by atoms with Crippen molar-refractivity contribution in [3.05, 3.63) is 75.3 Å². The molecule has 0 aliphatic rings. The molecule has 0 atom stereocenters. The molecular weight excluding hydrogens is 304 g/mol. The Morgan fingerprint density at radius 3 is 2.78 bits per heavy atom. The zero-order valence-electron chi connectivity index (χ0n) is 13.4. The summed E-state index contributed by atoms with van der Waals surface area (Å²) in [4.78, 5) is 9.89. The van der Waals surface area contributed by atoms with Crippen LogP contribution in [0.5, 0.6) is 0 Å². The molecule has 0 amide bonds. The molecule has 2 heterocycles. The highest BCUT2D eigenvalue weighted by molar-refractivity contribution is 7.07. The summed E-state index contributed by atoms with van der Waals surface area (Å²) < 4.78 is 1.85. The Bertz CT molecular complexity index is 904. The van der Waals surface area contributed by atoms with Gasteiger partial charge >= 0.3 is 0 Å². The zero-order valence-corrected chi connectivity index (χ0v) is 14.2. The maximum atomic E-state index is 4.78. The SMILES string of the molecule is Cc1ccc(C)c(N=c2scc(C)n2N=Cc2ccccn2)c1. The van der Waals surface area contributed by atoms with Gasteiger partial charge in [0.05, 0.1) is 23.3 Å². The van der Waals surface area contributed by atoms with Crippen LogP contribution in [0.25, 0.3) is 0 Å². The maximum absolute atomic E-state index is 4.78. The lowest BCUT2D eigenvalue weighted by Crippen LogP contribution is -2.11. The minimum absolute atomic E-state index is 0.822. The topological polar surface area (TPSA) is 42.5 Å².